The summed E-state index contributed by atoms with van der Waals surface area (Å²) in [5.74, 6) is 1.53. The van der Waals surface area contributed by atoms with E-state index in [4.69, 9.17) is 16.6 Å². The predicted molar refractivity (Wildman–Crippen MR) is 91.3 cm³/mol. The molecule has 1 aliphatic heterocycles. The number of aryl methyl sites for hydroxylation is 3. The number of urea groups is 1. The molecule has 2 aromatic heterocycles. The van der Waals surface area contributed by atoms with Crippen molar-refractivity contribution in [3.8, 4) is 0 Å². The maximum Gasteiger partial charge on any atom is 0.323 e. The summed E-state index contributed by atoms with van der Waals surface area (Å²) >= 11 is 6.21. The summed E-state index contributed by atoms with van der Waals surface area (Å²) in [5.41, 5.74) is 3.31. The Labute approximate surface area is 145 Å². The Morgan fingerprint density at radius 3 is 2.79 bits per heavy atom. The lowest BCUT2D eigenvalue weighted by Crippen LogP contribution is -2.41. The Balaban J connectivity index is 1.52. The largest absolute Gasteiger partial charge is 0.328 e. The molecule has 24 heavy (non-hydrogen) atoms. The van der Waals surface area contributed by atoms with Crippen LogP contribution in [0.4, 0.5) is 10.6 Å². The molecular weight excluding hydrogens is 328 g/mol. The van der Waals surface area contributed by atoms with Crippen LogP contribution in [-0.2, 0) is 33.0 Å². The third kappa shape index (κ3) is 2.47. The average Bonchev–Trinajstić information content (AvgIpc) is 3.06. The molecule has 0 saturated heterocycles. The Bertz CT molecular complexity index is 808. The van der Waals surface area contributed by atoms with Gasteiger partial charge in [-0.1, -0.05) is 11.6 Å². The smallest absolute Gasteiger partial charge is 0.323 e. The number of amides is 2. The summed E-state index contributed by atoms with van der Waals surface area (Å²) in [6.07, 6.45) is 4.62. The van der Waals surface area contributed by atoms with Crippen molar-refractivity contribution >= 4 is 23.4 Å². The van der Waals surface area contributed by atoms with E-state index in [-0.39, 0.29) is 6.03 Å². The number of carbonyl (C=O) groups excluding carboxylic acids is 1. The topological polar surface area (TPSA) is 68.0 Å². The van der Waals surface area contributed by atoms with Crippen LogP contribution in [-0.4, -0.2) is 36.8 Å². The van der Waals surface area contributed by atoms with Gasteiger partial charge in [-0.3, -0.25) is 10.00 Å². The van der Waals surface area contributed by atoms with Gasteiger partial charge in [0.1, 0.15) is 10.8 Å². The lowest BCUT2D eigenvalue weighted by molar-refractivity contribution is 0.195. The van der Waals surface area contributed by atoms with Crippen LogP contribution in [0.2, 0.25) is 5.02 Å². The molecule has 0 fully saturated rings. The van der Waals surface area contributed by atoms with Gasteiger partial charge in [0.15, 0.2) is 5.82 Å². The second-order valence-electron chi connectivity index (χ2n) is 6.50. The fraction of sp³-hybridized carbons (Fsp3) is 0.562. The molecule has 0 atom stereocenters. The lowest BCUT2D eigenvalue weighted by Gasteiger charge is -2.29. The molecule has 3 heterocycles. The predicted octanol–water partition coefficient (Wildman–Crippen LogP) is 2.50. The zero-order valence-electron chi connectivity index (χ0n) is 14.0. The van der Waals surface area contributed by atoms with E-state index in [1.807, 2.05) is 6.92 Å². The van der Waals surface area contributed by atoms with Crippen molar-refractivity contribution in [2.75, 3.05) is 11.9 Å². The Kier molecular flexibility index (Phi) is 3.75. The first-order chi connectivity index (χ1) is 11.5. The van der Waals surface area contributed by atoms with Crippen LogP contribution in [0.3, 0.4) is 0 Å². The molecule has 4 rings (SSSR count). The van der Waals surface area contributed by atoms with Crippen LogP contribution in [0.5, 0.6) is 0 Å². The summed E-state index contributed by atoms with van der Waals surface area (Å²) < 4.78 is 3.90. The van der Waals surface area contributed by atoms with Gasteiger partial charge in [-0.25, -0.2) is 9.78 Å². The van der Waals surface area contributed by atoms with Gasteiger partial charge in [0.05, 0.1) is 17.9 Å². The number of hydrogen-bond acceptors (Lipinski definition) is 3. The first-order valence-corrected chi connectivity index (χ1v) is 8.74. The molecule has 2 amide bonds. The monoisotopic (exact) mass is 348 g/mol. The number of carbonyl (C=O) groups is 1. The van der Waals surface area contributed by atoms with Gasteiger partial charge in [-0.15, -0.1) is 0 Å². The number of imidazole rings is 1. The van der Waals surface area contributed by atoms with Crippen LogP contribution < -0.4 is 5.32 Å². The van der Waals surface area contributed by atoms with Crippen molar-refractivity contribution in [1.29, 1.82) is 0 Å². The molecule has 0 saturated carbocycles. The van der Waals surface area contributed by atoms with Gasteiger partial charge in [-0.05, 0) is 32.6 Å². The number of aromatic nitrogens is 4. The number of anilines is 1. The van der Waals surface area contributed by atoms with E-state index in [0.717, 1.165) is 25.2 Å². The summed E-state index contributed by atoms with van der Waals surface area (Å²) in [6, 6.07) is -0.160. The molecule has 2 aliphatic rings. The van der Waals surface area contributed by atoms with Crippen molar-refractivity contribution in [3.05, 3.63) is 27.9 Å². The van der Waals surface area contributed by atoms with E-state index >= 15 is 0 Å². The van der Waals surface area contributed by atoms with Gasteiger partial charge < -0.3 is 9.47 Å². The Morgan fingerprint density at radius 1 is 1.25 bits per heavy atom. The van der Waals surface area contributed by atoms with Crippen LogP contribution in [0.15, 0.2) is 0 Å². The van der Waals surface area contributed by atoms with Gasteiger partial charge in [0.2, 0.25) is 0 Å². The number of fused-ring (bicyclic) bond motifs is 3. The standard InChI is InChI=1S/C16H21ClN6O/c1-10-14(17)15(21(2)20-10)19-16(24)22-7-8-23-12-6-4-3-5-11(12)18-13(23)9-22/h3-9H2,1-2H3,(H,19,24). The summed E-state index contributed by atoms with van der Waals surface area (Å²) in [7, 11) is 1.77. The molecule has 0 bridgehead atoms. The molecule has 0 spiro atoms. The molecule has 2 aromatic rings. The van der Waals surface area contributed by atoms with Gasteiger partial charge in [0, 0.05) is 25.8 Å². The molecule has 0 unspecified atom stereocenters. The Morgan fingerprint density at radius 2 is 2.04 bits per heavy atom. The highest BCUT2D eigenvalue weighted by Gasteiger charge is 2.27. The highest BCUT2D eigenvalue weighted by Crippen LogP contribution is 2.27. The quantitative estimate of drug-likeness (QED) is 0.861. The normalized spacial score (nSPS) is 16.7. The maximum absolute atomic E-state index is 12.6. The van der Waals surface area contributed by atoms with E-state index in [9.17, 15) is 4.79 Å². The van der Waals surface area contributed by atoms with E-state index in [1.54, 1.807) is 16.6 Å². The molecular formula is C16H21ClN6O. The van der Waals surface area contributed by atoms with Crippen LogP contribution in [0.25, 0.3) is 0 Å². The minimum absolute atomic E-state index is 0.160. The number of hydrogen-bond donors (Lipinski definition) is 1. The van der Waals surface area contributed by atoms with Crippen LogP contribution >= 0.6 is 11.6 Å². The van der Waals surface area contributed by atoms with E-state index in [1.165, 1.54) is 24.2 Å². The zero-order valence-corrected chi connectivity index (χ0v) is 14.7. The van der Waals surface area contributed by atoms with E-state index < -0.39 is 0 Å². The molecule has 0 radical (unpaired) electrons. The SMILES string of the molecule is Cc1nn(C)c(NC(=O)N2CCn3c(nc4c3CCCC4)C2)c1Cl. The highest BCUT2D eigenvalue weighted by molar-refractivity contribution is 6.34. The fourth-order valence-electron chi connectivity index (χ4n) is 3.63. The first kappa shape index (κ1) is 15.5. The van der Waals surface area contributed by atoms with E-state index in [2.05, 4.69) is 15.0 Å². The van der Waals surface area contributed by atoms with Crippen molar-refractivity contribution in [3.63, 3.8) is 0 Å². The molecule has 0 aromatic carbocycles. The third-order valence-corrected chi connectivity index (χ3v) is 5.35. The third-order valence-electron chi connectivity index (χ3n) is 4.90. The molecule has 128 valence electrons. The highest BCUT2D eigenvalue weighted by atomic mass is 35.5. The average molecular weight is 349 g/mol. The van der Waals surface area contributed by atoms with Crippen molar-refractivity contribution in [2.45, 2.75) is 45.7 Å². The second kappa shape index (κ2) is 5.81. The van der Waals surface area contributed by atoms with Gasteiger partial charge in [0.25, 0.3) is 0 Å². The minimum atomic E-state index is -0.160. The van der Waals surface area contributed by atoms with E-state index in [0.29, 0.717) is 29.6 Å². The van der Waals surface area contributed by atoms with Gasteiger partial charge in [-0.2, -0.15) is 5.10 Å². The summed E-state index contributed by atoms with van der Waals surface area (Å²) in [6.45, 7) is 3.84. The number of rotatable bonds is 1. The molecule has 7 nitrogen and oxygen atoms in total. The minimum Gasteiger partial charge on any atom is -0.328 e. The summed E-state index contributed by atoms with van der Waals surface area (Å²) in [5, 5.41) is 7.59. The molecule has 8 heteroatoms. The maximum atomic E-state index is 12.6. The van der Waals surface area contributed by atoms with Crippen LogP contribution in [0, 0.1) is 6.92 Å². The zero-order chi connectivity index (χ0) is 16.8. The molecule has 1 N–H and O–H groups in total. The number of halogens is 1. The lowest BCUT2D eigenvalue weighted by atomic mass is 10.0. The second-order valence-corrected chi connectivity index (χ2v) is 6.88. The van der Waals surface area contributed by atoms with Crippen molar-refractivity contribution in [1.82, 2.24) is 24.2 Å². The summed E-state index contributed by atoms with van der Waals surface area (Å²) in [4.78, 5) is 19.2. The molecule has 1 aliphatic carbocycles. The number of nitrogens with one attached hydrogen (secondary N) is 1. The van der Waals surface area contributed by atoms with Gasteiger partial charge >= 0.3 is 6.03 Å². The van der Waals surface area contributed by atoms with Crippen LogP contribution in [0.1, 0.15) is 35.7 Å². The van der Waals surface area contributed by atoms with Crippen molar-refractivity contribution < 1.29 is 4.79 Å². The first-order valence-electron chi connectivity index (χ1n) is 8.36. The Hall–Kier alpha value is -2.02. The van der Waals surface area contributed by atoms with Crippen molar-refractivity contribution in [2.24, 2.45) is 7.05 Å². The fourth-order valence-corrected chi connectivity index (χ4v) is 3.84. The number of nitrogens with zero attached hydrogens (tertiary/aromatic N) is 5.